The van der Waals surface area contributed by atoms with E-state index in [0.717, 1.165) is 6.42 Å². The Morgan fingerprint density at radius 3 is 2.68 bits per heavy atom. The van der Waals surface area contributed by atoms with Gasteiger partial charge in [0, 0.05) is 6.54 Å². The number of amides is 1. The Balaban J connectivity index is 2.18. The number of carbonyl (C=O) groups is 2. The van der Waals surface area contributed by atoms with Crippen molar-refractivity contribution in [2.45, 2.75) is 39.7 Å². The lowest BCUT2D eigenvalue weighted by atomic mass is 10.1. The molecule has 1 aromatic rings. The van der Waals surface area contributed by atoms with Gasteiger partial charge in [-0.2, -0.15) is 0 Å². The minimum Gasteiger partial charge on any atom is -0.463 e. The Kier molecular flexibility index (Phi) is 6.56. The molecular formula is C14H21NO3S. The Morgan fingerprint density at radius 1 is 1.37 bits per heavy atom. The highest BCUT2D eigenvalue weighted by Crippen LogP contribution is 2.09. The van der Waals surface area contributed by atoms with Gasteiger partial charge < -0.3 is 10.1 Å². The maximum absolute atomic E-state index is 11.6. The smallest absolute Gasteiger partial charge is 0.307 e. The van der Waals surface area contributed by atoms with E-state index in [1.54, 1.807) is 6.07 Å². The molecule has 1 heterocycles. The van der Waals surface area contributed by atoms with Crippen LogP contribution in [0.1, 0.15) is 43.3 Å². The van der Waals surface area contributed by atoms with Crippen molar-refractivity contribution in [3.05, 3.63) is 22.4 Å². The summed E-state index contributed by atoms with van der Waals surface area (Å²) in [5.74, 6) is 0.0963. The summed E-state index contributed by atoms with van der Waals surface area (Å²) >= 11 is 1.38. The minimum absolute atomic E-state index is 0.0690. The van der Waals surface area contributed by atoms with Crippen LogP contribution < -0.4 is 5.32 Å². The largest absolute Gasteiger partial charge is 0.463 e. The topological polar surface area (TPSA) is 55.4 Å². The van der Waals surface area contributed by atoms with Gasteiger partial charge in [-0.25, -0.2) is 0 Å². The lowest BCUT2D eigenvalue weighted by Crippen LogP contribution is -2.27. The quantitative estimate of drug-likeness (QED) is 0.783. The van der Waals surface area contributed by atoms with Crippen LogP contribution in [0.2, 0.25) is 0 Å². The normalized spacial score (nSPS) is 12.2. The third kappa shape index (κ3) is 6.38. The summed E-state index contributed by atoms with van der Waals surface area (Å²) in [5, 5.41) is 4.54. The first kappa shape index (κ1) is 15.7. The average molecular weight is 283 g/mol. The van der Waals surface area contributed by atoms with Crippen molar-refractivity contribution < 1.29 is 14.3 Å². The van der Waals surface area contributed by atoms with Crippen molar-refractivity contribution in [1.29, 1.82) is 0 Å². The first-order valence-corrected chi connectivity index (χ1v) is 7.38. The molecule has 0 aromatic carbocycles. The van der Waals surface area contributed by atoms with Crippen LogP contribution in [-0.2, 0) is 9.53 Å². The number of thiophene rings is 1. The van der Waals surface area contributed by atoms with Gasteiger partial charge in [-0.05, 0) is 30.7 Å². The van der Waals surface area contributed by atoms with Crippen molar-refractivity contribution in [3.63, 3.8) is 0 Å². The van der Waals surface area contributed by atoms with E-state index < -0.39 is 0 Å². The van der Waals surface area contributed by atoms with Crippen molar-refractivity contribution in [3.8, 4) is 0 Å². The number of nitrogens with one attached hydrogen (secondary N) is 1. The van der Waals surface area contributed by atoms with Crippen LogP contribution in [0.15, 0.2) is 17.5 Å². The van der Waals surface area contributed by atoms with E-state index in [4.69, 9.17) is 4.74 Å². The second kappa shape index (κ2) is 7.94. The average Bonchev–Trinajstić information content (AvgIpc) is 2.80. The van der Waals surface area contributed by atoms with Gasteiger partial charge >= 0.3 is 5.97 Å². The maximum atomic E-state index is 11.6. The summed E-state index contributed by atoms with van der Waals surface area (Å²) in [4.78, 5) is 23.8. The molecular weight excluding hydrogens is 262 g/mol. The molecule has 0 aliphatic carbocycles. The molecule has 1 N–H and O–H groups in total. The van der Waals surface area contributed by atoms with Crippen molar-refractivity contribution in [1.82, 2.24) is 5.32 Å². The van der Waals surface area contributed by atoms with Crippen LogP contribution >= 0.6 is 11.3 Å². The maximum Gasteiger partial charge on any atom is 0.307 e. The number of hydrogen-bond acceptors (Lipinski definition) is 4. The van der Waals surface area contributed by atoms with Crippen LogP contribution in [0.5, 0.6) is 0 Å². The number of carbonyl (C=O) groups excluding carboxylic acids is 2. The zero-order valence-corrected chi connectivity index (χ0v) is 12.5. The standard InChI is InChI=1S/C14H21NO3S/c1-10(2)9-11(3)18-13(16)6-7-15-14(17)12-5-4-8-19-12/h4-5,8,10-11H,6-7,9H2,1-3H3,(H,15,17). The summed E-state index contributed by atoms with van der Waals surface area (Å²) in [6.45, 7) is 6.38. The molecule has 0 aliphatic rings. The molecule has 1 amide bonds. The first-order valence-electron chi connectivity index (χ1n) is 6.50. The summed E-state index contributed by atoms with van der Waals surface area (Å²) < 4.78 is 5.25. The Morgan fingerprint density at radius 2 is 2.11 bits per heavy atom. The predicted molar refractivity (Wildman–Crippen MR) is 76.3 cm³/mol. The van der Waals surface area contributed by atoms with Crippen LogP contribution in [0.4, 0.5) is 0 Å². The summed E-state index contributed by atoms with van der Waals surface area (Å²) in [5.41, 5.74) is 0. The third-order valence-corrected chi connectivity index (χ3v) is 3.36. The molecule has 0 radical (unpaired) electrons. The van der Waals surface area contributed by atoms with Crippen LogP contribution in [0.25, 0.3) is 0 Å². The lowest BCUT2D eigenvalue weighted by Gasteiger charge is -2.15. The Labute approximate surface area is 118 Å². The van der Waals surface area contributed by atoms with Gasteiger partial charge in [-0.15, -0.1) is 11.3 Å². The number of hydrogen-bond donors (Lipinski definition) is 1. The monoisotopic (exact) mass is 283 g/mol. The fourth-order valence-electron chi connectivity index (χ4n) is 1.77. The first-order chi connectivity index (χ1) is 8.99. The second-order valence-electron chi connectivity index (χ2n) is 4.91. The molecule has 0 aliphatic heterocycles. The molecule has 1 rings (SSSR count). The molecule has 19 heavy (non-hydrogen) atoms. The van der Waals surface area contributed by atoms with Crippen molar-refractivity contribution in [2.75, 3.05) is 6.54 Å². The van der Waals surface area contributed by atoms with E-state index in [-0.39, 0.29) is 24.4 Å². The number of rotatable bonds is 7. The van der Waals surface area contributed by atoms with Gasteiger partial charge in [-0.3, -0.25) is 9.59 Å². The summed E-state index contributed by atoms with van der Waals surface area (Å²) in [6.07, 6.45) is 0.993. The summed E-state index contributed by atoms with van der Waals surface area (Å²) in [7, 11) is 0. The third-order valence-electron chi connectivity index (χ3n) is 2.50. The zero-order valence-electron chi connectivity index (χ0n) is 11.6. The van der Waals surface area contributed by atoms with Gasteiger partial charge in [0.1, 0.15) is 0 Å². The second-order valence-corrected chi connectivity index (χ2v) is 5.86. The van der Waals surface area contributed by atoms with Gasteiger partial charge in [0.15, 0.2) is 0 Å². The zero-order chi connectivity index (χ0) is 14.3. The van der Waals surface area contributed by atoms with Gasteiger partial charge in [0.25, 0.3) is 5.91 Å². The molecule has 1 unspecified atom stereocenters. The molecule has 4 nitrogen and oxygen atoms in total. The van der Waals surface area contributed by atoms with Crippen LogP contribution in [0, 0.1) is 5.92 Å². The molecule has 1 atom stereocenters. The molecule has 0 spiro atoms. The van der Waals surface area contributed by atoms with Crippen molar-refractivity contribution in [2.24, 2.45) is 5.92 Å². The van der Waals surface area contributed by atoms with Gasteiger partial charge in [0.2, 0.25) is 0 Å². The SMILES string of the molecule is CC(C)CC(C)OC(=O)CCNC(=O)c1cccs1. The molecule has 106 valence electrons. The molecule has 0 saturated heterocycles. The van der Waals surface area contributed by atoms with E-state index in [2.05, 4.69) is 19.2 Å². The van der Waals surface area contributed by atoms with Crippen molar-refractivity contribution >= 4 is 23.2 Å². The van der Waals surface area contributed by atoms with Crippen LogP contribution in [0.3, 0.4) is 0 Å². The van der Waals surface area contributed by atoms with Crippen LogP contribution in [-0.4, -0.2) is 24.5 Å². The van der Waals surface area contributed by atoms with E-state index in [9.17, 15) is 9.59 Å². The predicted octanol–water partition coefficient (Wildman–Crippen LogP) is 2.85. The van der Waals surface area contributed by atoms with E-state index in [1.807, 2.05) is 18.4 Å². The number of esters is 1. The van der Waals surface area contributed by atoms with E-state index in [1.165, 1.54) is 11.3 Å². The van der Waals surface area contributed by atoms with Gasteiger partial charge in [-0.1, -0.05) is 19.9 Å². The van der Waals surface area contributed by atoms with Gasteiger partial charge in [0.05, 0.1) is 17.4 Å². The molecule has 0 bridgehead atoms. The highest BCUT2D eigenvalue weighted by Gasteiger charge is 2.12. The number of ether oxygens (including phenoxy) is 1. The summed E-state index contributed by atoms with van der Waals surface area (Å²) in [6, 6.07) is 3.57. The fraction of sp³-hybridized carbons (Fsp3) is 0.571. The fourth-order valence-corrected chi connectivity index (χ4v) is 2.41. The highest BCUT2D eigenvalue weighted by molar-refractivity contribution is 7.12. The minimum atomic E-state index is -0.264. The Bertz CT molecular complexity index is 401. The van der Waals surface area contributed by atoms with E-state index >= 15 is 0 Å². The molecule has 0 saturated carbocycles. The van der Waals surface area contributed by atoms with E-state index in [0.29, 0.717) is 17.3 Å². The highest BCUT2D eigenvalue weighted by atomic mass is 32.1. The molecule has 1 aromatic heterocycles. The Hall–Kier alpha value is -1.36. The lowest BCUT2D eigenvalue weighted by molar-refractivity contribution is -0.148. The molecule has 5 heteroatoms. The molecule has 0 fully saturated rings.